The Bertz CT molecular complexity index is 849. The van der Waals surface area contributed by atoms with Crippen molar-refractivity contribution in [1.82, 2.24) is 0 Å². The van der Waals surface area contributed by atoms with Gasteiger partial charge in [0.1, 0.15) is 0 Å². The number of hydrogen-bond acceptors (Lipinski definition) is 3. The molecule has 0 heterocycles. The Balaban J connectivity index is 2.20. The van der Waals surface area contributed by atoms with Crippen molar-refractivity contribution in [3.63, 3.8) is 0 Å². The molecule has 0 saturated carbocycles. The molecule has 0 spiro atoms. The molecule has 0 aliphatic carbocycles. The molecule has 0 aliphatic heterocycles. The number of nitrogens with one attached hydrogen (secondary N) is 1. The van der Waals surface area contributed by atoms with Gasteiger partial charge in [0.15, 0.2) is 0 Å². The van der Waals surface area contributed by atoms with Gasteiger partial charge in [-0.3, -0.25) is 9.52 Å². The summed E-state index contributed by atoms with van der Waals surface area (Å²) >= 11 is 0. The van der Waals surface area contributed by atoms with Crippen LogP contribution in [0.3, 0.4) is 0 Å². The topological polar surface area (TPSA) is 66.5 Å². The number of carbonyl (C=O) groups is 1. The zero-order valence-electron chi connectivity index (χ0n) is 15.2. The molecule has 1 N–H and O–H groups in total. The Kier molecular flexibility index (Phi) is 5.23. The van der Waals surface area contributed by atoms with Crippen molar-refractivity contribution >= 4 is 27.3 Å². The molecule has 0 saturated heterocycles. The normalized spacial score (nSPS) is 11.9. The van der Waals surface area contributed by atoms with E-state index in [0.717, 1.165) is 5.56 Å². The van der Waals surface area contributed by atoms with Crippen LogP contribution in [0.1, 0.15) is 33.3 Å². The average molecular weight is 360 g/mol. The maximum Gasteiger partial charge on any atom is 0.261 e. The predicted octanol–water partition coefficient (Wildman–Crippen LogP) is 3.77. The Labute approximate surface area is 149 Å². The lowest BCUT2D eigenvalue weighted by Crippen LogP contribution is -2.22. The van der Waals surface area contributed by atoms with Crippen LogP contribution in [-0.2, 0) is 20.2 Å². The summed E-state index contributed by atoms with van der Waals surface area (Å²) < 4.78 is 27.6. The number of carbonyl (C=O) groups excluding carboxylic acids is 1. The zero-order chi connectivity index (χ0) is 18.8. The summed E-state index contributed by atoms with van der Waals surface area (Å²) in [6, 6.07) is 13.6. The second-order valence-corrected chi connectivity index (χ2v) is 8.69. The van der Waals surface area contributed by atoms with E-state index in [4.69, 9.17) is 0 Å². The fourth-order valence-electron chi connectivity index (χ4n) is 2.28. The third-order valence-electron chi connectivity index (χ3n) is 4.01. The predicted molar refractivity (Wildman–Crippen MR) is 101 cm³/mol. The second kappa shape index (κ2) is 6.88. The van der Waals surface area contributed by atoms with Crippen LogP contribution >= 0.6 is 0 Å². The van der Waals surface area contributed by atoms with Crippen molar-refractivity contribution < 1.29 is 13.2 Å². The molecule has 0 unspecified atom stereocenters. The average Bonchev–Trinajstić information content (AvgIpc) is 2.54. The molecule has 2 aromatic rings. The van der Waals surface area contributed by atoms with E-state index < -0.39 is 10.0 Å². The van der Waals surface area contributed by atoms with Crippen LogP contribution in [0.5, 0.6) is 0 Å². The van der Waals surface area contributed by atoms with E-state index in [-0.39, 0.29) is 16.2 Å². The molecule has 0 aliphatic rings. The van der Waals surface area contributed by atoms with E-state index in [1.54, 1.807) is 43.4 Å². The van der Waals surface area contributed by atoms with Crippen molar-refractivity contribution in [2.75, 3.05) is 16.7 Å². The van der Waals surface area contributed by atoms with Gasteiger partial charge >= 0.3 is 0 Å². The number of rotatable bonds is 4. The van der Waals surface area contributed by atoms with Crippen LogP contribution in [0.4, 0.5) is 11.4 Å². The first-order valence-corrected chi connectivity index (χ1v) is 9.47. The first kappa shape index (κ1) is 19.0. The zero-order valence-corrected chi connectivity index (χ0v) is 16.0. The highest BCUT2D eigenvalue weighted by Gasteiger charge is 2.18. The van der Waals surface area contributed by atoms with E-state index in [0.29, 0.717) is 11.4 Å². The lowest BCUT2D eigenvalue weighted by molar-refractivity contribution is -0.116. The van der Waals surface area contributed by atoms with Crippen LogP contribution in [0, 0.1) is 0 Å². The van der Waals surface area contributed by atoms with Gasteiger partial charge in [-0.05, 0) is 47.4 Å². The van der Waals surface area contributed by atoms with Gasteiger partial charge in [-0.2, -0.15) is 0 Å². The molecule has 5 nitrogen and oxygen atoms in total. The summed E-state index contributed by atoms with van der Waals surface area (Å²) in [6.45, 7) is 7.70. The van der Waals surface area contributed by atoms with Gasteiger partial charge < -0.3 is 4.90 Å². The number of amides is 1. The molecule has 1 amide bonds. The molecule has 0 radical (unpaired) electrons. The lowest BCUT2D eigenvalue weighted by atomic mass is 9.87. The van der Waals surface area contributed by atoms with Gasteiger partial charge in [-0.25, -0.2) is 8.42 Å². The molecule has 0 atom stereocenters. The molecule has 2 rings (SSSR count). The fourth-order valence-corrected chi connectivity index (χ4v) is 3.34. The summed E-state index contributed by atoms with van der Waals surface area (Å²) in [4.78, 5) is 13.1. The summed E-state index contributed by atoms with van der Waals surface area (Å²) in [5, 5.41) is 0. The molecule has 2 aromatic carbocycles. The van der Waals surface area contributed by atoms with E-state index in [1.165, 1.54) is 11.8 Å². The van der Waals surface area contributed by atoms with Crippen molar-refractivity contribution in [2.45, 2.75) is 38.0 Å². The molecule has 25 heavy (non-hydrogen) atoms. The maximum atomic E-state index is 12.5. The number of anilines is 2. The summed E-state index contributed by atoms with van der Waals surface area (Å²) in [7, 11) is -1.99. The lowest BCUT2D eigenvalue weighted by Gasteiger charge is -2.19. The summed E-state index contributed by atoms with van der Waals surface area (Å²) in [6.07, 6.45) is 0. The Hall–Kier alpha value is -2.34. The highest BCUT2D eigenvalue weighted by atomic mass is 32.2. The maximum absolute atomic E-state index is 12.5. The minimum Gasteiger partial charge on any atom is -0.316 e. The Morgan fingerprint density at radius 2 is 1.48 bits per heavy atom. The largest absolute Gasteiger partial charge is 0.316 e. The quantitative estimate of drug-likeness (QED) is 0.902. The van der Waals surface area contributed by atoms with Crippen molar-refractivity contribution in [3.05, 3.63) is 54.1 Å². The third-order valence-corrected chi connectivity index (χ3v) is 5.41. The molecule has 0 bridgehead atoms. The van der Waals surface area contributed by atoms with E-state index >= 15 is 0 Å². The minimum absolute atomic E-state index is 0.0334. The number of benzene rings is 2. The number of nitrogens with zero attached hydrogens (tertiary/aromatic N) is 1. The monoisotopic (exact) mass is 360 g/mol. The summed E-state index contributed by atoms with van der Waals surface area (Å²) in [5.74, 6) is -0.0905. The third kappa shape index (κ3) is 4.60. The summed E-state index contributed by atoms with van der Waals surface area (Å²) in [5.41, 5.74) is 2.18. The highest BCUT2D eigenvalue weighted by Crippen LogP contribution is 2.25. The Morgan fingerprint density at radius 3 is 1.92 bits per heavy atom. The van der Waals surface area contributed by atoms with Crippen LogP contribution in [0.25, 0.3) is 0 Å². The van der Waals surface area contributed by atoms with Gasteiger partial charge in [0.25, 0.3) is 10.0 Å². The van der Waals surface area contributed by atoms with Crippen LogP contribution in [-0.4, -0.2) is 21.4 Å². The Morgan fingerprint density at radius 1 is 0.960 bits per heavy atom. The number of sulfonamides is 1. The van der Waals surface area contributed by atoms with E-state index in [1.807, 2.05) is 12.1 Å². The standard InChI is InChI=1S/C19H24N2O3S/c1-14(22)21(5)17-10-8-16(9-11-17)20-25(23,24)18-12-6-15(7-13-18)19(2,3)4/h6-13,20H,1-5H3. The van der Waals surface area contributed by atoms with Gasteiger partial charge in [0.05, 0.1) is 4.90 Å². The van der Waals surface area contributed by atoms with Crippen LogP contribution in [0.15, 0.2) is 53.4 Å². The van der Waals surface area contributed by atoms with Gasteiger partial charge in [-0.1, -0.05) is 32.9 Å². The smallest absolute Gasteiger partial charge is 0.261 e. The SMILES string of the molecule is CC(=O)N(C)c1ccc(NS(=O)(=O)c2ccc(C(C)(C)C)cc2)cc1. The van der Waals surface area contributed by atoms with Crippen molar-refractivity contribution in [3.8, 4) is 0 Å². The molecule has 134 valence electrons. The molecule has 0 fully saturated rings. The minimum atomic E-state index is -3.66. The van der Waals surface area contributed by atoms with E-state index in [2.05, 4.69) is 25.5 Å². The van der Waals surface area contributed by atoms with Crippen LogP contribution < -0.4 is 9.62 Å². The molecular weight excluding hydrogens is 336 g/mol. The highest BCUT2D eigenvalue weighted by molar-refractivity contribution is 7.92. The first-order chi connectivity index (χ1) is 11.5. The second-order valence-electron chi connectivity index (χ2n) is 7.00. The molecule has 6 heteroatoms. The molecular formula is C19H24N2O3S. The van der Waals surface area contributed by atoms with Crippen molar-refractivity contribution in [2.24, 2.45) is 0 Å². The van der Waals surface area contributed by atoms with E-state index in [9.17, 15) is 13.2 Å². The number of hydrogen-bond donors (Lipinski definition) is 1. The van der Waals surface area contributed by atoms with Gasteiger partial charge in [0.2, 0.25) is 5.91 Å². The fraction of sp³-hybridized carbons (Fsp3) is 0.316. The molecule has 0 aromatic heterocycles. The van der Waals surface area contributed by atoms with Gasteiger partial charge in [0, 0.05) is 25.3 Å². The first-order valence-electron chi connectivity index (χ1n) is 7.98. The van der Waals surface area contributed by atoms with Gasteiger partial charge in [-0.15, -0.1) is 0 Å². The van der Waals surface area contributed by atoms with Crippen LogP contribution in [0.2, 0.25) is 0 Å². The van der Waals surface area contributed by atoms with Crippen molar-refractivity contribution in [1.29, 1.82) is 0 Å².